The Kier molecular flexibility index (Phi) is 3.62. The lowest BCUT2D eigenvalue weighted by molar-refractivity contribution is -0.181. The van der Waals surface area contributed by atoms with Gasteiger partial charge in [0.25, 0.3) is 0 Å². The quantitative estimate of drug-likeness (QED) is 0.567. The molecule has 0 amide bonds. The molecule has 4 heteroatoms. The number of anilines is 1. The van der Waals surface area contributed by atoms with E-state index in [1.165, 1.54) is 14.2 Å². The maximum atomic E-state index is 10.8. The van der Waals surface area contributed by atoms with Crippen LogP contribution in [-0.4, -0.2) is 26.4 Å². The third-order valence-electron chi connectivity index (χ3n) is 1.85. The van der Waals surface area contributed by atoms with E-state index in [-0.39, 0.29) is 0 Å². The van der Waals surface area contributed by atoms with Gasteiger partial charge in [-0.25, -0.2) is 0 Å². The third-order valence-corrected chi connectivity index (χ3v) is 1.85. The minimum atomic E-state index is -1.40. The van der Waals surface area contributed by atoms with E-state index in [0.29, 0.717) is 6.29 Å². The molecule has 0 spiro atoms. The second kappa shape index (κ2) is 4.74. The van der Waals surface area contributed by atoms with Gasteiger partial charge in [0.2, 0.25) is 6.29 Å². The van der Waals surface area contributed by atoms with Crippen molar-refractivity contribution < 1.29 is 14.3 Å². The van der Waals surface area contributed by atoms with Gasteiger partial charge < -0.3 is 14.8 Å². The van der Waals surface area contributed by atoms with E-state index in [0.717, 1.165) is 5.69 Å². The summed E-state index contributed by atoms with van der Waals surface area (Å²) in [5.74, 6) is -1.40. The van der Waals surface area contributed by atoms with E-state index in [2.05, 4.69) is 5.32 Å². The number of methoxy groups -OCH3 is 2. The topological polar surface area (TPSA) is 47.6 Å². The second-order valence-corrected chi connectivity index (χ2v) is 2.68. The van der Waals surface area contributed by atoms with Crippen LogP contribution in [0.5, 0.6) is 0 Å². The summed E-state index contributed by atoms with van der Waals surface area (Å²) >= 11 is 0. The first-order chi connectivity index (χ1) is 6.76. The molecular formula is C10H13NO3. The Hall–Kier alpha value is -1.39. The maximum Gasteiger partial charge on any atom is 0.308 e. The van der Waals surface area contributed by atoms with Crippen molar-refractivity contribution >= 4 is 12.0 Å². The zero-order valence-electron chi connectivity index (χ0n) is 8.19. The monoisotopic (exact) mass is 195 g/mol. The average molecular weight is 195 g/mol. The summed E-state index contributed by atoms with van der Waals surface area (Å²) < 4.78 is 9.88. The molecule has 1 rings (SSSR count). The molecule has 0 aliphatic rings. The van der Waals surface area contributed by atoms with Gasteiger partial charge in [0, 0.05) is 19.9 Å². The van der Waals surface area contributed by atoms with Crippen molar-refractivity contribution in [3.63, 3.8) is 0 Å². The Morgan fingerprint density at radius 2 is 1.79 bits per heavy atom. The van der Waals surface area contributed by atoms with Crippen LogP contribution in [0.2, 0.25) is 0 Å². The van der Waals surface area contributed by atoms with Crippen molar-refractivity contribution in [1.82, 2.24) is 0 Å². The predicted octanol–water partition coefficient (Wildman–Crippen LogP) is 1.24. The Labute approximate surface area is 82.8 Å². The predicted molar refractivity (Wildman–Crippen MR) is 52.9 cm³/mol. The fourth-order valence-corrected chi connectivity index (χ4v) is 1.03. The van der Waals surface area contributed by atoms with E-state index >= 15 is 0 Å². The number of ether oxygens (including phenoxy) is 2. The first kappa shape index (κ1) is 10.7. The number of aldehydes is 1. The molecule has 0 atom stereocenters. The van der Waals surface area contributed by atoms with Gasteiger partial charge in [0.15, 0.2) is 0 Å². The first-order valence-electron chi connectivity index (χ1n) is 4.16. The molecule has 0 saturated carbocycles. The number of benzene rings is 1. The molecular weight excluding hydrogens is 182 g/mol. The summed E-state index contributed by atoms with van der Waals surface area (Å²) in [7, 11) is 2.79. The van der Waals surface area contributed by atoms with Gasteiger partial charge in [-0.3, -0.25) is 4.79 Å². The van der Waals surface area contributed by atoms with Gasteiger partial charge in [-0.2, -0.15) is 0 Å². The molecule has 0 aliphatic heterocycles. The molecule has 1 aromatic carbocycles. The summed E-state index contributed by atoms with van der Waals surface area (Å²) in [6, 6.07) is 9.21. The summed E-state index contributed by atoms with van der Waals surface area (Å²) in [6.45, 7) is 0. The second-order valence-electron chi connectivity index (χ2n) is 2.68. The lowest BCUT2D eigenvalue weighted by atomic mass is 10.3. The van der Waals surface area contributed by atoms with E-state index in [4.69, 9.17) is 9.47 Å². The SMILES string of the molecule is COC(C=O)(Nc1ccccc1)OC. The van der Waals surface area contributed by atoms with Gasteiger partial charge in [0.05, 0.1) is 0 Å². The first-order valence-corrected chi connectivity index (χ1v) is 4.16. The average Bonchev–Trinajstić information content (AvgIpc) is 2.28. The van der Waals surface area contributed by atoms with Gasteiger partial charge in [-0.15, -0.1) is 0 Å². The highest BCUT2D eigenvalue weighted by Crippen LogP contribution is 2.14. The highest BCUT2D eigenvalue weighted by molar-refractivity contribution is 5.66. The van der Waals surface area contributed by atoms with Gasteiger partial charge in [-0.05, 0) is 12.1 Å². The number of hydrogen-bond donors (Lipinski definition) is 1. The fraction of sp³-hybridized carbons (Fsp3) is 0.300. The van der Waals surface area contributed by atoms with Crippen LogP contribution in [0.15, 0.2) is 30.3 Å². The highest BCUT2D eigenvalue weighted by Gasteiger charge is 2.28. The highest BCUT2D eigenvalue weighted by atomic mass is 16.7. The summed E-state index contributed by atoms with van der Waals surface area (Å²) in [4.78, 5) is 10.8. The molecule has 4 nitrogen and oxygen atoms in total. The molecule has 0 aliphatic carbocycles. The zero-order chi connectivity index (χ0) is 10.4. The van der Waals surface area contributed by atoms with E-state index in [1.54, 1.807) is 0 Å². The Bertz CT molecular complexity index is 283. The fourth-order valence-electron chi connectivity index (χ4n) is 1.03. The van der Waals surface area contributed by atoms with Crippen molar-refractivity contribution in [1.29, 1.82) is 0 Å². The van der Waals surface area contributed by atoms with Crippen molar-refractivity contribution in [2.75, 3.05) is 19.5 Å². The van der Waals surface area contributed by atoms with Crippen molar-refractivity contribution in [2.24, 2.45) is 0 Å². The molecule has 0 aromatic heterocycles. The molecule has 76 valence electrons. The van der Waals surface area contributed by atoms with Crippen molar-refractivity contribution in [2.45, 2.75) is 5.91 Å². The largest absolute Gasteiger partial charge is 0.330 e. The maximum absolute atomic E-state index is 10.8. The summed E-state index contributed by atoms with van der Waals surface area (Å²) in [5.41, 5.74) is 0.753. The molecule has 0 heterocycles. The Morgan fingerprint density at radius 3 is 2.21 bits per heavy atom. The third kappa shape index (κ3) is 2.31. The number of rotatable bonds is 5. The lowest BCUT2D eigenvalue weighted by Gasteiger charge is -2.26. The van der Waals surface area contributed by atoms with Crippen LogP contribution in [0, 0.1) is 0 Å². The standard InChI is InChI=1S/C10H13NO3/c1-13-10(8-12,14-2)11-9-6-4-3-5-7-9/h3-8,11H,1-2H3. The minimum Gasteiger partial charge on any atom is -0.330 e. The number of hydrogen-bond acceptors (Lipinski definition) is 4. The summed E-state index contributed by atoms with van der Waals surface area (Å²) in [6.07, 6.45) is 0.569. The van der Waals surface area contributed by atoms with Crippen LogP contribution < -0.4 is 5.32 Å². The number of para-hydroxylation sites is 1. The van der Waals surface area contributed by atoms with E-state index < -0.39 is 5.91 Å². The van der Waals surface area contributed by atoms with Gasteiger partial charge in [-0.1, -0.05) is 18.2 Å². The van der Waals surface area contributed by atoms with Crippen LogP contribution >= 0.6 is 0 Å². The van der Waals surface area contributed by atoms with Gasteiger partial charge in [0.1, 0.15) is 0 Å². The normalized spacial score (nSPS) is 11.0. The number of nitrogens with one attached hydrogen (secondary N) is 1. The van der Waals surface area contributed by atoms with Crippen LogP contribution in [-0.2, 0) is 14.3 Å². The molecule has 14 heavy (non-hydrogen) atoms. The molecule has 0 saturated heterocycles. The molecule has 0 bridgehead atoms. The Balaban J connectivity index is 2.79. The molecule has 1 aromatic rings. The van der Waals surface area contributed by atoms with Crippen LogP contribution in [0.3, 0.4) is 0 Å². The van der Waals surface area contributed by atoms with Crippen LogP contribution in [0.4, 0.5) is 5.69 Å². The minimum absolute atomic E-state index is 0.569. The van der Waals surface area contributed by atoms with E-state index in [9.17, 15) is 4.79 Å². The molecule has 1 N–H and O–H groups in total. The zero-order valence-corrected chi connectivity index (χ0v) is 8.19. The van der Waals surface area contributed by atoms with Crippen molar-refractivity contribution in [3.05, 3.63) is 30.3 Å². The Morgan fingerprint density at radius 1 is 1.21 bits per heavy atom. The molecule has 0 radical (unpaired) electrons. The summed E-state index contributed by atoms with van der Waals surface area (Å²) in [5, 5.41) is 2.83. The van der Waals surface area contributed by atoms with Crippen molar-refractivity contribution in [3.8, 4) is 0 Å². The number of carbonyl (C=O) groups is 1. The lowest BCUT2D eigenvalue weighted by Crippen LogP contribution is -2.43. The van der Waals surface area contributed by atoms with Crippen LogP contribution in [0.25, 0.3) is 0 Å². The smallest absolute Gasteiger partial charge is 0.308 e. The van der Waals surface area contributed by atoms with E-state index in [1.807, 2.05) is 30.3 Å². The van der Waals surface area contributed by atoms with Gasteiger partial charge >= 0.3 is 5.91 Å². The molecule has 0 fully saturated rings. The molecule has 0 unspecified atom stereocenters. The number of carbonyl (C=O) groups excluding carboxylic acids is 1. The van der Waals surface area contributed by atoms with Crippen LogP contribution in [0.1, 0.15) is 0 Å².